The van der Waals surface area contributed by atoms with E-state index in [1.165, 1.54) is 4.31 Å². The van der Waals surface area contributed by atoms with Crippen molar-refractivity contribution < 1.29 is 8.42 Å². The predicted molar refractivity (Wildman–Crippen MR) is 75.7 cm³/mol. The Bertz CT molecular complexity index is 702. The number of pyridine rings is 1. The lowest BCUT2D eigenvalue weighted by Gasteiger charge is -2.17. The van der Waals surface area contributed by atoms with Gasteiger partial charge >= 0.3 is 0 Å². The van der Waals surface area contributed by atoms with E-state index in [1.54, 1.807) is 20.9 Å². The molecule has 0 atom stereocenters. The first-order chi connectivity index (χ1) is 9.32. The van der Waals surface area contributed by atoms with Crippen LogP contribution in [0.2, 0.25) is 0 Å². The summed E-state index contributed by atoms with van der Waals surface area (Å²) in [6, 6.07) is 5.56. The average Bonchev–Trinajstić information content (AvgIpc) is 2.69. The van der Waals surface area contributed by atoms with Crippen molar-refractivity contribution >= 4 is 10.0 Å². The van der Waals surface area contributed by atoms with Crippen molar-refractivity contribution in [2.75, 3.05) is 7.05 Å². The summed E-state index contributed by atoms with van der Waals surface area (Å²) < 4.78 is 26.4. The number of sulfonamides is 1. The molecule has 2 rings (SSSR count). The van der Waals surface area contributed by atoms with Crippen LogP contribution in [0.15, 0.2) is 23.1 Å². The maximum atomic E-state index is 12.6. The molecule has 0 aliphatic carbocycles. The molecular formula is C13H18N4O2S. The van der Waals surface area contributed by atoms with E-state index >= 15 is 0 Å². The van der Waals surface area contributed by atoms with Crippen LogP contribution in [0.3, 0.4) is 0 Å². The maximum absolute atomic E-state index is 12.6. The summed E-state index contributed by atoms with van der Waals surface area (Å²) in [7, 11) is -2.02. The van der Waals surface area contributed by atoms with E-state index in [9.17, 15) is 8.42 Å². The summed E-state index contributed by atoms with van der Waals surface area (Å²) >= 11 is 0. The highest BCUT2D eigenvalue weighted by Gasteiger charge is 2.27. The molecule has 2 aromatic rings. The number of aromatic amines is 1. The van der Waals surface area contributed by atoms with Crippen molar-refractivity contribution in [3.63, 3.8) is 0 Å². The quantitative estimate of drug-likeness (QED) is 0.928. The van der Waals surface area contributed by atoms with Gasteiger partial charge in [-0.05, 0) is 32.9 Å². The molecule has 1 N–H and O–H groups in total. The van der Waals surface area contributed by atoms with Crippen molar-refractivity contribution in [3.05, 3.63) is 41.0 Å². The Balaban J connectivity index is 2.31. The van der Waals surface area contributed by atoms with Crippen molar-refractivity contribution in [2.45, 2.75) is 32.2 Å². The SMILES string of the molecule is Cc1cccc(CN(C)S(=O)(=O)c2c(C)n[nH]c2C)n1. The highest BCUT2D eigenvalue weighted by molar-refractivity contribution is 7.89. The van der Waals surface area contributed by atoms with Gasteiger partial charge in [0.1, 0.15) is 4.90 Å². The van der Waals surface area contributed by atoms with Gasteiger partial charge in [0, 0.05) is 12.7 Å². The van der Waals surface area contributed by atoms with E-state index < -0.39 is 10.0 Å². The van der Waals surface area contributed by atoms with Gasteiger partial charge in [-0.25, -0.2) is 8.42 Å². The third kappa shape index (κ3) is 2.73. The second kappa shape index (κ2) is 5.34. The van der Waals surface area contributed by atoms with Gasteiger partial charge < -0.3 is 0 Å². The molecule has 0 saturated carbocycles. The highest BCUT2D eigenvalue weighted by atomic mass is 32.2. The molecule has 7 heteroatoms. The minimum absolute atomic E-state index is 0.230. The number of hydrogen-bond acceptors (Lipinski definition) is 4. The lowest BCUT2D eigenvalue weighted by atomic mass is 10.3. The van der Waals surface area contributed by atoms with E-state index in [4.69, 9.17) is 0 Å². The van der Waals surface area contributed by atoms with E-state index in [0.717, 1.165) is 11.4 Å². The van der Waals surface area contributed by atoms with Crippen LogP contribution in [0, 0.1) is 20.8 Å². The number of aromatic nitrogens is 3. The smallest absolute Gasteiger partial charge is 0.246 e. The maximum Gasteiger partial charge on any atom is 0.246 e. The van der Waals surface area contributed by atoms with Crippen LogP contribution in [-0.4, -0.2) is 35.0 Å². The Morgan fingerprint density at radius 1 is 1.25 bits per heavy atom. The number of H-pyrrole nitrogens is 1. The van der Waals surface area contributed by atoms with Gasteiger partial charge in [0.05, 0.1) is 23.6 Å². The van der Waals surface area contributed by atoms with E-state index in [1.807, 2.05) is 25.1 Å². The van der Waals surface area contributed by atoms with Crippen LogP contribution >= 0.6 is 0 Å². The standard InChI is InChI=1S/C13H18N4O2S/c1-9-6-5-7-12(14-9)8-17(4)20(18,19)13-10(2)15-16-11(13)3/h5-7H,8H2,1-4H3,(H,15,16). The molecule has 0 aliphatic rings. The Kier molecular flexibility index (Phi) is 3.92. The molecule has 0 aromatic carbocycles. The summed E-state index contributed by atoms with van der Waals surface area (Å²) in [6.45, 7) is 5.48. The molecule has 0 fully saturated rings. The van der Waals surface area contributed by atoms with Gasteiger partial charge in [-0.3, -0.25) is 10.1 Å². The summed E-state index contributed by atoms with van der Waals surface area (Å²) in [5.41, 5.74) is 2.61. The number of nitrogens with one attached hydrogen (secondary N) is 1. The molecule has 2 aromatic heterocycles. The van der Waals surface area contributed by atoms with Crippen LogP contribution in [0.4, 0.5) is 0 Å². The molecule has 0 bridgehead atoms. The fourth-order valence-corrected chi connectivity index (χ4v) is 3.54. The van der Waals surface area contributed by atoms with Gasteiger partial charge in [0.2, 0.25) is 10.0 Å². The molecule has 0 saturated heterocycles. The molecule has 0 radical (unpaired) electrons. The molecule has 0 amide bonds. The molecule has 108 valence electrons. The topological polar surface area (TPSA) is 79.0 Å². The Morgan fingerprint density at radius 2 is 1.95 bits per heavy atom. The van der Waals surface area contributed by atoms with Gasteiger partial charge in [-0.15, -0.1) is 0 Å². The zero-order chi connectivity index (χ0) is 14.9. The lowest BCUT2D eigenvalue weighted by Crippen LogP contribution is -2.27. The zero-order valence-electron chi connectivity index (χ0n) is 12.0. The molecule has 6 nitrogen and oxygen atoms in total. The first kappa shape index (κ1) is 14.7. The van der Waals surface area contributed by atoms with Crippen molar-refractivity contribution in [1.29, 1.82) is 0 Å². The predicted octanol–water partition coefficient (Wildman–Crippen LogP) is 1.55. The molecule has 2 heterocycles. The summed E-state index contributed by atoms with van der Waals surface area (Å²) in [4.78, 5) is 4.57. The molecule has 20 heavy (non-hydrogen) atoms. The van der Waals surface area contributed by atoms with Crippen LogP contribution in [0.5, 0.6) is 0 Å². The normalized spacial score (nSPS) is 12.1. The first-order valence-electron chi connectivity index (χ1n) is 6.23. The summed E-state index contributed by atoms with van der Waals surface area (Å²) in [6.07, 6.45) is 0. The van der Waals surface area contributed by atoms with Crippen molar-refractivity contribution in [1.82, 2.24) is 19.5 Å². The van der Waals surface area contributed by atoms with Crippen molar-refractivity contribution in [2.24, 2.45) is 0 Å². The first-order valence-corrected chi connectivity index (χ1v) is 7.67. The third-order valence-corrected chi connectivity index (χ3v) is 5.13. The third-order valence-electron chi connectivity index (χ3n) is 3.06. The fourth-order valence-electron chi connectivity index (χ4n) is 2.08. The van der Waals surface area contributed by atoms with E-state index in [0.29, 0.717) is 11.4 Å². The number of aryl methyl sites for hydroxylation is 3. The Hall–Kier alpha value is -1.73. The summed E-state index contributed by atoms with van der Waals surface area (Å²) in [5, 5.41) is 6.64. The van der Waals surface area contributed by atoms with Crippen LogP contribution in [0.25, 0.3) is 0 Å². The highest BCUT2D eigenvalue weighted by Crippen LogP contribution is 2.21. The number of rotatable bonds is 4. The van der Waals surface area contributed by atoms with Gasteiger partial charge in [-0.2, -0.15) is 9.40 Å². The minimum Gasteiger partial charge on any atom is -0.281 e. The Labute approximate surface area is 118 Å². The average molecular weight is 294 g/mol. The van der Waals surface area contributed by atoms with Gasteiger partial charge in [0.25, 0.3) is 0 Å². The minimum atomic E-state index is -3.57. The van der Waals surface area contributed by atoms with Gasteiger partial charge in [0.15, 0.2) is 0 Å². The molecule has 0 spiro atoms. The monoisotopic (exact) mass is 294 g/mol. The summed E-state index contributed by atoms with van der Waals surface area (Å²) in [5.74, 6) is 0. The second-order valence-corrected chi connectivity index (χ2v) is 6.78. The van der Waals surface area contributed by atoms with Crippen LogP contribution in [0.1, 0.15) is 22.8 Å². The lowest BCUT2D eigenvalue weighted by molar-refractivity contribution is 0.461. The fraction of sp³-hybridized carbons (Fsp3) is 0.385. The molecule has 0 aliphatic heterocycles. The van der Waals surface area contributed by atoms with E-state index in [-0.39, 0.29) is 11.4 Å². The largest absolute Gasteiger partial charge is 0.281 e. The Morgan fingerprint density at radius 3 is 2.50 bits per heavy atom. The van der Waals surface area contributed by atoms with E-state index in [2.05, 4.69) is 15.2 Å². The number of nitrogens with zero attached hydrogens (tertiary/aromatic N) is 3. The molecular weight excluding hydrogens is 276 g/mol. The number of hydrogen-bond donors (Lipinski definition) is 1. The van der Waals surface area contributed by atoms with Crippen LogP contribution < -0.4 is 0 Å². The van der Waals surface area contributed by atoms with Crippen molar-refractivity contribution in [3.8, 4) is 0 Å². The molecule has 0 unspecified atom stereocenters. The zero-order valence-corrected chi connectivity index (χ0v) is 12.8. The van der Waals surface area contributed by atoms with Gasteiger partial charge in [-0.1, -0.05) is 6.07 Å². The second-order valence-electron chi connectivity index (χ2n) is 4.79. The van der Waals surface area contributed by atoms with Crippen LogP contribution in [-0.2, 0) is 16.6 Å².